The van der Waals surface area contributed by atoms with Gasteiger partial charge in [0.25, 0.3) is 0 Å². The number of methoxy groups -OCH3 is 1. The highest BCUT2D eigenvalue weighted by molar-refractivity contribution is 6.30. The van der Waals surface area contributed by atoms with Crippen molar-refractivity contribution in [3.05, 3.63) is 28.8 Å². The Kier molecular flexibility index (Phi) is 8.62. The largest absolute Gasteiger partial charge is 0.493 e. The number of hydrogen-bond acceptors (Lipinski definition) is 4. The number of rotatable bonds is 10. The zero-order valence-electron chi connectivity index (χ0n) is 12.6. The van der Waals surface area contributed by atoms with Crippen LogP contribution in [0.1, 0.15) is 12.0 Å². The smallest absolute Gasteiger partial charge is 0.123 e. The molecule has 0 bridgehead atoms. The highest BCUT2D eigenvalue weighted by Gasteiger charge is 2.05. The Balaban J connectivity index is 2.47. The number of nitrogens with one attached hydrogen (secondary N) is 1. The van der Waals surface area contributed by atoms with Gasteiger partial charge in [0.1, 0.15) is 5.75 Å². The summed E-state index contributed by atoms with van der Waals surface area (Å²) in [6.45, 7) is 3.97. The fourth-order valence-electron chi connectivity index (χ4n) is 1.79. The van der Waals surface area contributed by atoms with E-state index < -0.39 is 0 Å². The number of ether oxygens (including phenoxy) is 2. The van der Waals surface area contributed by atoms with Crippen molar-refractivity contribution in [2.45, 2.75) is 13.0 Å². The van der Waals surface area contributed by atoms with E-state index >= 15 is 0 Å². The van der Waals surface area contributed by atoms with E-state index in [4.69, 9.17) is 21.1 Å². The van der Waals surface area contributed by atoms with Gasteiger partial charge in [0.2, 0.25) is 0 Å². The molecule has 0 amide bonds. The van der Waals surface area contributed by atoms with Gasteiger partial charge >= 0.3 is 0 Å². The van der Waals surface area contributed by atoms with E-state index in [0.717, 1.165) is 42.4 Å². The second-order valence-electron chi connectivity index (χ2n) is 4.93. The van der Waals surface area contributed by atoms with Crippen LogP contribution in [0.4, 0.5) is 0 Å². The van der Waals surface area contributed by atoms with Crippen LogP contribution < -0.4 is 10.1 Å². The van der Waals surface area contributed by atoms with Crippen LogP contribution in [0.5, 0.6) is 5.75 Å². The van der Waals surface area contributed by atoms with Crippen LogP contribution >= 0.6 is 11.6 Å². The standard InChI is InChI=1S/C15H25ClN2O2/c1-18(2)8-4-9-20-15-6-5-14(16)11-13(15)12-17-7-10-19-3/h5-6,11,17H,4,7-10,12H2,1-3H3. The SMILES string of the molecule is COCCNCc1cc(Cl)ccc1OCCCN(C)C. The molecule has 0 aliphatic carbocycles. The van der Waals surface area contributed by atoms with Crippen molar-refractivity contribution in [2.24, 2.45) is 0 Å². The molecule has 0 spiro atoms. The maximum Gasteiger partial charge on any atom is 0.123 e. The molecule has 4 nitrogen and oxygen atoms in total. The summed E-state index contributed by atoms with van der Waals surface area (Å²) < 4.78 is 10.9. The molecule has 1 aromatic rings. The summed E-state index contributed by atoms with van der Waals surface area (Å²) >= 11 is 6.05. The van der Waals surface area contributed by atoms with Crippen molar-refractivity contribution >= 4 is 11.6 Å². The van der Waals surface area contributed by atoms with Crippen LogP contribution in [0.15, 0.2) is 18.2 Å². The molecule has 0 saturated carbocycles. The second kappa shape index (κ2) is 10.00. The lowest BCUT2D eigenvalue weighted by Gasteiger charge is -2.14. The molecule has 0 unspecified atom stereocenters. The normalized spacial score (nSPS) is 11.1. The lowest BCUT2D eigenvalue weighted by molar-refractivity contribution is 0.199. The van der Waals surface area contributed by atoms with E-state index in [2.05, 4.69) is 24.3 Å². The van der Waals surface area contributed by atoms with Gasteiger partial charge in [0.05, 0.1) is 13.2 Å². The van der Waals surface area contributed by atoms with E-state index in [1.807, 2.05) is 18.2 Å². The zero-order chi connectivity index (χ0) is 14.8. The van der Waals surface area contributed by atoms with Gasteiger partial charge in [-0.1, -0.05) is 11.6 Å². The summed E-state index contributed by atoms with van der Waals surface area (Å²) in [4.78, 5) is 2.15. The molecule has 0 fully saturated rings. The molecule has 0 radical (unpaired) electrons. The van der Waals surface area contributed by atoms with Crippen molar-refractivity contribution < 1.29 is 9.47 Å². The molecule has 1 rings (SSSR count). The van der Waals surface area contributed by atoms with E-state index in [0.29, 0.717) is 13.2 Å². The number of hydrogen-bond donors (Lipinski definition) is 1. The second-order valence-corrected chi connectivity index (χ2v) is 5.36. The molecular formula is C15H25ClN2O2. The molecule has 0 aliphatic rings. The fourth-order valence-corrected chi connectivity index (χ4v) is 1.98. The van der Waals surface area contributed by atoms with Crippen molar-refractivity contribution in [2.75, 3.05) is 47.5 Å². The minimum absolute atomic E-state index is 0.694. The van der Waals surface area contributed by atoms with Crippen molar-refractivity contribution in [3.63, 3.8) is 0 Å². The average molecular weight is 301 g/mol. The van der Waals surface area contributed by atoms with Gasteiger partial charge in [0, 0.05) is 37.3 Å². The van der Waals surface area contributed by atoms with Crippen molar-refractivity contribution in [1.29, 1.82) is 0 Å². The Morgan fingerprint density at radius 3 is 2.75 bits per heavy atom. The third kappa shape index (κ3) is 7.10. The van der Waals surface area contributed by atoms with Gasteiger partial charge in [-0.15, -0.1) is 0 Å². The molecule has 1 N–H and O–H groups in total. The third-order valence-corrected chi connectivity index (χ3v) is 3.06. The molecule has 5 heteroatoms. The molecule has 0 aromatic heterocycles. The van der Waals surface area contributed by atoms with Gasteiger partial charge in [-0.05, 0) is 38.7 Å². The Hall–Kier alpha value is -0.810. The molecule has 114 valence electrons. The highest BCUT2D eigenvalue weighted by Crippen LogP contribution is 2.23. The lowest BCUT2D eigenvalue weighted by Crippen LogP contribution is -2.19. The van der Waals surface area contributed by atoms with Crippen LogP contribution in [0, 0.1) is 0 Å². The van der Waals surface area contributed by atoms with Gasteiger partial charge in [-0.25, -0.2) is 0 Å². The van der Waals surface area contributed by atoms with E-state index in [-0.39, 0.29) is 0 Å². The molecule has 1 aromatic carbocycles. The van der Waals surface area contributed by atoms with Gasteiger partial charge in [-0.2, -0.15) is 0 Å². The van der Waals surface area contributed by atoms with Crippen molar-refractivity contribution in [3.8, 4) is 5.75 Å². The summed E-state index contributed by atoms with van der Waals surface area (Å²) in [5, 5.41) is 4.04. The Bertz CT molecular complexity index is 386. The van der Waals surface area contributed by atoms with Crippen LogP contribution in [0.2, 0.25) is 5.02 Å². The Morgan fingerprint density at radius 2 is 2.05 bits per heavy atom. The molecule has 0 heterocycles. The van der Waals surface area contributed by atoms with Gasteiger partial charge in [0.15, 0.2) is 0 Å². The maximum absolute atomic E-state index is 6.05. The van der Waals surface area contributed by atoms with Gasteiger partial charge < -0.3 is 19.7 Å². The van der Waals surface area contributed by atoms with Crippen LogP contribution in [0.3, 0.4) is 0 Å². The van der Waals surface area contributed by atoms with Gasteiger partial charge in [-0.3, -0.25) is 0 Å². The van der Waals surface area contributed by atoms with E-state index in [9.17, 15) is 0 Å². The Morgan fingerprint density at radius 1 is 1.25 bits per heavy atom. The molecule has 20 heavy (non-hydrogen) atoms. The fraction of sp³-hybridized carbons (Fsp3) is 0.600. The van der Waals surface area contributed by atoms with E-state index in [1.165, 1.54) is 0 Å². The highest BCUT2D eigenvalue weighted by atomic mass is 35.5. The van der Waals surface area contributed by atoms with Crippen LogP contribution in [0.25, 0.3) is 0 Å². The molecule has 0 atom stereocenters. The predicted octanol–water partition coefficient (Wildman–Crippen LogP) is 2.41. The first-order chi connectivity index (χ1) is 9.63. The number of halogens is 1. The summed E-state index contributed by atoms with van der Waals surface area (Å²) in [7, 11) is 5.82. The summed E-state index contributed by atoms with van der Waals surface area (Å²) in [5.41, 5.74) is 1.08. The summed E-state index contributed by atoms with van der Waals surface area (Å²) in [6.07, 6.45) is 1.01. The first-order valence-corrected chi connectivity index (χ1v) is 7.27. The quantitative estimate of drug-likeness (QED) is 0.673. The number of benzene rings is 1. The maximum atomic E-state index is 6.05. The zero-order valence-corrected chi connectivity index (χ0v) is 13.4. The molecule has 0 saturated heterocycles. The minimum atomic E-state index is 0.694. The predicted molar refractivity (Wildman–Crippen MR) is 83.7 cm³/mol. The first kappa shape index (κ1) is 17.2. The number of nitrogens with zero attached hydrogens (tertiary/aromatic N) is 1. The van der Waals surface area contributed by atoms with E-state index in [1.54, 1.807) is 7.11 Å². The topological polar surface area (TPSA) is 33.7 Å². The monoisotopic (exact) mass is 300 g/mol. The molecular weight excluding hydrogens is 276 g/mol. The summed E-state index contributed by atoms with van der Waals surface area (Å²) in [6, 6.07) is 5.75. The van der Waals surface area contributed by atoms with Crippen LogP contribution in [-0.4, -0.2) is 52.4 Å². The lowest BCUT2D eigenvalue weighted by atomic mass is 10.2. The minimum Gasteiger partial charge on any atom is -0.493 e. The molecule has 0 aliphatic heterocycles. The van der Waals surface area contributed by atoms with Crippen molar-refractivity contribution in [1.82, 2.24) is 10.2 Å². The third-order valence-electron chi connectivity index (χ3n) is 2.83. The first-order valence-electron chi connectivity index (χ1n) is 6.89. The van der Waals surface area contributed by atoms with Crippen LogP contribution in [-0.2, 0) is 11.3 Å². The average Bonchev–Trinajstić information content (AvgIpc) is 2.41. The summed E-state index contributed by atoms with van der Waals surface area (Å²) in [5.74, 6) is 0.901. The Labute approximate surface area is 127 Å².